The van der Waals surface area contributed by atoms with Crippen LogP contribution in [0.4, 0.5) is 0 Å². The lowest BCUT2D eigenvalue weighted by Crippen LogP contribution is -2.37. The van der Waals surface area contributed by atoms with Gasteiger partial charge < -0.3 is 0 Å². The Kier molecular flexibility index (Phi) is 3.26. The van der Waals surface area contributed by atoms with Crippen molar-refractivity contribution in [2.24, 2.45) is 5.92 Å². The Labute approximate surface area is 161 Å². The zero-order valence-corrected chi connectivity index (χ0v) is 15.6. The average molecular weight is 348 g/mol. The predicted molar refractivity (Wildman–Crippen MR) is 113 cm³/mol. The van der Waals surface area contributed by atoms with Crippen molar-refractivity contribution in [2.75, 3.05) is 0 Å². The second-order valence-corrected chi connectivity index (χ2v) is 8.40. The van der Waals surface area contributed by atoms with E-state index < -0.39 is 0 Å². The summed E-state index contributed by atoms with van der Waals surface area (Å²) in [6.45, 7) is 0. The van der Waals surface area contributed by atoms with E-state index in [2.05, 4.69) is 84.9 Å². The van der Waals surface area contributed by atoms with E-state index in [1.165, 1.54) is 47.9 Å². The van der Waals surface area contributed by atoms with Crippen LogP contribution in [-0.4, -0.2) is 0 Å². The molecule has 0 aliphatic heterocycles. The molecule has 0 heterocycles. The summed E-state index contributed by atoms with van der Waals surface area (Å²) in [6.07, 6.45) is 10.0. The first-order valence-corrected chi connectivity index (χ1v) is 10.4. The van der Waals surface area contributed by atoms with Crippen molar-refractivity contribution in [3.8, 4) is 0 Å². The van der Waals surface area contributed by atoms with Gasteiger partial charge in [-0.15, -0.1) is 0 Å². The van der Waals surface area contributed by atoms with Crippen LogP contribution < -0.4 is 0 Å². The SMILES string of the molecule is C1=Cc2ccccc2C2(c3ccccc31)c1ccccc1[C@H]1CCCCC12. The fraction of sp³-hybridized carbons (Fsp3) is 0.259. The maximum Gasteiger partial charge on any atom is 0.0499 e. The molecule has 3 aromatic carbocycles. The van der Waals surface area contributed by atoms with Crippen LogP contribution in [0.15, 0.2) is 72.8 Å². The van der Waals surface area contributed by atoms with Crippen LogP contribution in [0.1, 0.15) is 65.0 Å². The molecule has 1 fully saturated rings. The van der Waals surface area contributed by atoms with Crippen LogP contribution >= 0.6 is 0 Å². The van der Waals surface area contributed by atoms with Gasteiger partial charge in [0.1, 0.15) is 0 Å². The number of hydrogen-bond donors (Lipinski definition) is 0. The summed E-state index contributed by atoms with van der Waals surface area (Å²) in [7, 11) is 0. The molecule has 0 aromatic heterocycles. The Hall–Kier alpha value is -2.60. The van der Waals surface area contributed by atoms with Crippen LogP contribution in [0.3, 0.4) is 0 Å². The predicted octanol–water partition coefficient (Wildman–Crippen LogP) is 6.79. The minimum Gasteiger partial charge on any atom is -0.0620 e. The number of benzene rings is 3. The largest absolute Gasteiger partial charge is 0.0620 e. The van der Waals surface area contributed by atoms with Crippen molar-refractivity contribution in [1.82, 2.24) is 0 Å². The second-order valence-electron chi connectivity index (χ2n) is 8.40. The number of fused-ring (bicyclic) bond motifs is 9. The van der Waals surface area contributed by atoms with Gasteiger partial charge in [-0.2, -0.15) is 0 Å². The molecule has 27 heavy (non-hydrogen) atoms. The molecule has 6 rings (SSSR count). The molecule has 0 bridgehead atoms. The van der Waals surface area contributed by atoms with E-state index in [4.69, 9.17) is 0 Å². The fourth-order valence-corrected chi connectivity index (χ4v) is 6.42. The monoisotopic (exact) mass is 348 g/mol. The Bertz CT molecular complexity index is 1010. The van der Waals surface area contributed by atoms with Gasteiger partial charge in [0.05, 0.1) is 0 Å². The van der Waals surface area contributed by atoms with Gasteiger partial charge in [0.15, 0.2) is 0 Å². The summed E-state index contributed by atoms with van der Waals surface area (Å²) in [5, 5.41) is 0. The molecule has 1 saturated carbocycles. The first kappa shape index (κ1) is 15.5. The second kappa shape index (κ2) is 5.70. The van der Waals surface area contributed by atoms with Crippen LogP contribution in [0.5, 0.6) is 0 Å². The molecule has 0 nitrogen and oxygen atoms in total. The highest BCUT2D eigenvalue weighted by atomic mass is 14.6. The molecule has 0 amide bonds. The molecule has 0 N–H and O–H groups in total. The lowest BCUT2D eigenvalue weighted by molar-refractivity contribution is 0.262. The van der Waals surface area contributed by atoms with Gasteiger partial charge in [-0.3, -0.25) is 0 Å². The summed E-state index contributed by atoms with van der Waals surface area (Å²) < 4.78 is 0. The molecule has 0 heteroatoms. The molecular formula is C27H24. The van der Waals surface area contributed by atoms with Crippen molar-refractivity contribution in [3.63, 3.8) is 0 Å². The van der Waals surface area contributed by atoms with Crippen LogP contribution in [0.25, 0.3) is 12.2 Å². The van der Waals surface area contributed by atoms with Crippen LogP contribution in [0, 0.1) is 5.92 Å². The highest BCUT2D eigenvalue weighted by Crippen LogP contribution is 2.63. The van der Waals surface area contributed by atoms with Crippen LogP contribution in [0.2, 0.25) is 0 Å². The summed E-state index contributed by atoms with van der Waals surface area (Å²) in [5.74, 6) is 1.35. The van der Waals surface area contributed by atoms with Crippen molar-refractivity contribution in [3.05, 3.63) is 106 Å². The average Bonchev–Trinajstić information content (AvgIpc) is 2.94. The quantitative estimate of drug-likeness (QED) is 0.419. The molecule has 2 atom stereocenters. The minimum absolute atomic E-state index is 0.0155. The molecule has 132 valence electrons. The fourth-order valence-electron chi connectivity index (χ4n) is 6.42. The molecule has 0 saturated heterocycles. The third-order valence-corrected chi connectivity index (χ3v) is 7.32. The third-order valence-electron chi connectivity index (χ3n) is 7.32. The standard InChI is InChI=1S/C27H24/c1-5-13-23-19(9-1)17-18-20-10-2-6-14-24(20)27(23)25-15-7-3-11-21(25)22-12-4-8-16-26(22)27/h1-3,5-7,9-11,13-15,17-18,22,26H,4,8,12,16H2/t22-,26?/m1/s1. The van der Waals surface area contributed by atoms with Gasteiger partial charge in [0, 0.05) is 5.41 Å². The minimum atomic E-state index is -0.0155. The van der Waals surface area contributed by atoms with E-state index in [1.807, 2.05) is 0 Å². The van der Waals surface area contributed by atoms with Crippen molar-refractivity contribution in [2.45, 2.75) is 37.0 Å². The summed E-state index contributed by atoms with van der Waals surface area (Å²) in [4.78, 5) is 0. The molecule has 3 aliphatic rings. The van der Waals surface area contributed by atoms with Crippen molar-refractivity contribution >= 4 is 12.2 Å². The number of rotatable bonds is 0. The van der Waals surface area contributed by atoms with Gasteiger partial charge in [0.2, 0.25) is 0 Å². The van der Waals surface area contributed by atoms with E-state index in [0.717, 1.165) is 0 Å². The topological polar surface area (TPSA) is 0 Å². The molecule has 3 aromatic rings. The lowest BCUT2D eigenvalue weighted by Gasteiger charge is -2.42. The van der Waals surface area contributed by atoms with Crippen molar-refractivity contribution < 1.29 is 0 Å². The van der Waals surface area contributed by atoms with Gasteiger partial charge in [-0.1, -0.05) is 97.8 Å². The zero-order chi connectivity index (χ0) is 17.8. The maximum absolute atomic E-state index is 2.42. The lowest BCUT2D eigenvalue weighted by atomic mass is 9.60. The van der Waals surface area contributed by atoms with E-state index in [-0.39, 0.29) is 5.41 Å². The van der Waals surface area contributed by atoms with Gasteiger partial charge in [-0.25, -0.2) is 0 Å². The normalized spacial score (nSPS) is 23.9. The highest BCUT2D eigenvalue weighted by molar-refractivity contribution is 5.80. The molecule has 3 aliphatic carbocycles. The Morgan fingerprint density at radius 1 is 0.593 bits per heavy atom. The van der Waals surface area contributed by atoms with Gasteiger partial charge >= 0.3 is 0 Å². The number of hydrogen-bond acceptors (Lipinski definition) is 0. The van der Waals surface area contributed by atoms with Crippen LogP contribution in [-0.2, 0) is 5.41 Å². The summed E-state index contributed by atoms with van der Waals surface area (Å²) >= 11 is 0. The van der Waals surface area contributed by atoms with Gasteiger partial charge in [-0.05, 0) is 58.1 Å². The first-order chi connectivity index (χ1) is 13.4. The molecular weight excluding hydrogens is 324 g/mol. The zero-order valence-electron chi connectivity index (χ0n) is 15.6. The Morgan fingerprint density at radius 3 is 1.85 bits per heavy atom. The van der Waals surface area contributed by atoms with Crippen molar-refractivity contribution in [1.29, 1.82) is 0 Å². The van der Waals surface area contributed by atoms with E-state index in [0.29, 0.717) is 11.8 Å². The van der Waals surface area contributed by atoms with E-state index in [1.54, 1.807) is 11.1 Å². The summed E-state index contributed by atoms with van der Waals surface area (Å²) in [6, 6.07) is 27.6. The Morgan fingerprint density at radius 2 is 1.15 bits per heavy atom. The smallest absolute Gasteiger partial charge is 0.0499 e. The third kappa shape index (κ3) is 1.94. The molecule has 0 radical (unpaired) electrons. The molecule has 1 spiro atoms. The maximum atomic E-state index is 2.42. The summed E-state index contributed by atoms with van der Waals surface area (Å²) in [5.41, 5.74) is 8.93. The Balaban J connectivity index is 1.79. The highest BCUT2D eigenvalue weighted by Gasteiger charge is 2.55. The first-order valence-electron chi connectivity index (χ1n) is 10.4. The van der Waals surface area contributed by atoms with E-state index in [9.17, 15) is 0 Å². The molecule has 1 unspecified atom stereocenters. The van der Waals surface area contributed by atoms with Gasteiger partial charge in [0.25, 0.3) is 0 Å². The van der Waals surface area contributed by atoms with E-state index >= 15 is 0 Å².